The number of nitrogens with zero attached hydrogens (tertiary/aromatic N) is 3. The van der Waals surface area contributed by atoms with E-state index in [0.717, 1.165) is 18.1 Å². The minimum absolute atomic E-state index is 0.0724. The van der Waals surface area contributed by atoms with E-state index in [-0.39, 0.29) is 17.5 Å². The zero-order chi connectivity index (χ0) is 13.3. The molecule has 6 heteroatoms. The zero-order valence-corrected chi connectivity index (χ0v) is 12.3. The Morgan fingerprint density at radius 1 is 1.50 bits per heavy atom. The van der Waals surface area contributed by atoms with Crippen molar-refractivity contribution in [3.63, 3.8) is 0 Å². The van der Waals surface area contributed by atoms with Gasteiger partial charge in [-0.05, 0) is 12.5 Å². The third-order valence-electron chi connectivity index (χ3n) is 3.35. The summed E-state index contributed by atoms with van der Waals surface area (Å²) in [7, 11) is 2.10. The van der Waals surface area contributed by atoms with Crippen LogP contribution in [0.15, 0.2) is 4.52 Å². The molecular formula is C12H22N4OS. The number of thioether (sulfide) groups is 1. The molecule has 102 valence electrons. The van der Waals surface area contributed by atoms with E-state index in [0.29, 0.717) is 5.89 Å². The largest absolute Gasteiger partial charge is 0.338 e. The molecule has 0 bridgehead atoms. The molecular weight excluding hydrogens is 248 g/mol. The van der Waals surface area contributed by atoms with E-state index in [1.54, 1.807) is 0 Å². The maximum Gasteiger partial charge on any atom is 0.244 e. The molecule has 0 amide bonds. The van der Waals surface area contributed by atoms with Crippen molar-refractivity contribution in [2.75, 3.05) is 25.1 Å². The Kier molecular flexibility index (Phi) is 3.99. The highest BCUT2D eigenvalue weighted by molar-refractivity contribution is 7.99. The first-order valence-corrected chi connectivity index (χ1v) is 7.42. The Hall–Kier alpha value is -0.590. The van der Waals surface area contributed by atoms with Crippen LogP contribution in [0, 0.1) is 5.41 Å². The van der Waals surface area contributed by atoms with Gasteiger partial charge in [-0.25, -0.2) is 0 Å². The predicted octanol–water partition coefficient (Wildman–Crippen LogP) is 1.84. The summed E-state index contributed by atoms with van der Waals surface area (Å²) >= 11 is 1.93. The summed E-state index contributed by atoms with van der Waals surface area (Å²) in [6, 6.07) is 0.0220. The fourth-order valence-electron chi connectivity index (χ4n) is 1.84. The van der Waals surface area contributed by atoms with Gasteiger partial charge in [0.1, 0.15) is 0 Å². The van der Waals surface area contributed by atoms with E-state index >= 15 is 0 Å². The maximum atomic E-state index is 6.13. The van der Waals surface area contributed by atoms with Gasteiger partial charge in [0.05, 0.1) is 12.1 Å². The molecule has 2 N–H and O–H groups in total. The molecule has 0 saturated carbocycles. The monoisotopic (exact) mass is 270 g/mol. The van der Waals surface area contributed by atoms with Crippen LogP contribution in [-0.4, -0.2) is 40.1 Å². The quantitative estimate of drug-likeness (QED) is 0.884. The Bertz CT molecular complexity index is 401. The normalized spacial score (nSPS) is 24.2. The lowest BCUT2D eigenvalue weighted by Crippen LogP contribution is -2.33. The second-order valence-corrected chi connectivity index (χ2v) is 7.06. The van der Waals surface area contributed by atoms with E-state index in [2.05, 4.69) is 42.9 Å². The highest BCUT2D eigenvalue weighted by Gasteiger charge is 2.30. The molecule has 1 aromatic rings. The van der Waals surface area contributed by atoms with E-state index in [1.165, 1.54) is 5.75 Å². The van der Waals surface area contributed by atoms with Gasteiger partial charge in [0.15, 0.2) is 5.82 Å². The topological polar surface area (TPSA) is 68.2 Å². The lowest BCUT2D eigenvalue weighted by molar-refractivity contribution is 0.243. The molecule has 2 rings (SSSR count). The minimum atomic E-state index is -0.222. The fraction of sp³-hybridized carbons (Fsp3) is 0.833. The van der Waals surface area contributed by atoms with Crippen molar-refractivity contribution >= 4 is 11.8 Å². The lowest BCUT2D eigenvalue weighted by atomic mass is 9.87. The van der Waals surface area contributed by atoms with E-state index in [9.17, 15) is 0 Å². The van der Waals surface area contributed by atoms with Gasteiger partial charge in [0.2, 0.25) is 5.89 Å². The Morgan fingerprint density at radius 3 is 2.83 bits per heavy atom. The summed E-state index contributed by atoms with van der Waals surface area (Å²) in [4.78, 5) is 6.76. The van der Waals surface area contributed by atoms with Crippen LogP contribution in [-0.2, 0) is 0 Å². The Balaban J connectivity index is 2.15. The van der Waals surface area contributed by atoms with Gasteiger partial charge < -0.3 is 10.3 Å². The molecule has 1 aliphatic rings. The summed E-state index contributed by atoms with van der Waals surface area (Å²) in [6.07, 6.45) is 0. The molecule has 2 atom stereocenters. The third kappa shape index (κ3) is 2.87. The van der Waals surface area contributed by atoms with Gasteiger partial charge in [0, 0.05) is 18.1 Å². The number of hydrogen-bond donors (Lipinski definition) is 1. The highest BCUT2D eigenvalue weighted by atomic mass is 32.2. The van der Waals surface area contributed by atoms with Crippen LogP contribution in [0.5, 0.6) is 0 Å². The smallest absolute Gasteiger partial charge is 0.244 e. The van der Waals surface area contributed by atoms with Crippen LogP contribution in [0.1, 0.15) is 44.6 Å². The van der Waals surface area contributed by atoms with Crippen molar-refractivity contribution in [1.29, 1.82) is 0 Å². The summed E-state index contributed by atoms with van der Waals surface area (Å²) in [5.74, 6) is 3.49. The van der Waals surface area contributed by atoms with Gasteiger partial charge in [-0.15, -0.1) is 0 Å². The van der Waals surface area contributed by atoms with Gasteiger partial charge in [-0.2, -0.15) is 16.7 Å². The average molecular weight is 270 g/mol. The molecule has 0 aromatic carbocycles. The molecule has 1 fully saturated rings. The van der Waals surface area contributed by atoms with Crippen molar-refractivity contribution in [3.05, 3.63) is 11.7 Å². The summed E-state index contributed by atoms with van der Waals surface area (Å²) < 4.78 is 5.33. The van der Waals surface area contributed by atoms with Crippen molar-refractivity contribution in [1.82, 2.24) is 15.0 Å². The van der Waals surface area contributed by atoms with Crippen LogP contribution in [0.4, 0.5) is 0 Å². The lowest BCUT2D eigenvalue weighted by Gasteiger charge is -2.29. The van der Waals surface area contributed by atoms with Gasteiger partial charge in [-0.3, -0.25) is 4.90 Å². The SMILES string of the molecule is CN1CCSCC1c1noc(C(N)C(C)(C)C)n1. The number of hydrogen-bond acceptors (Lipinski definition) is 6. The molecule has 2 heterocycles. The van der Waals surface area contributed by atoms with Gasteiger partial charge >= 0.3 is 0 Å². The van der Waals surface area contributed by atoms with Crippen LogP contribution in [0.3, 0.4) is 0 Å². The molecule has 1 aromatic heterocycles. The Morgan fingerprint density at radius 2 is 2.22 bits per heavy atom. The molecule has 18 heavy (non-hydrogen) atoms. The number of rotatable bonds is 2. The fourth-order valence-corrected chi connectivity index (χ4v) is 3.05. The maximum absolute atomic E-state index is 6.13. The summed E-state index contributed by atoms with van der Waals surface area (Å²) in [5.41, 5.74) is 6.06. The minimum Gasteiger partial charge on any atom is -0.338 e. The van der Waals surface area contributed by atoms with Crippen LogP contribution < -0.4 is 5.73 Å². The van der Waals surface area contributed by atoms with E-state index in [4.69, 9.17) is 10.3 Å². The molecule has 1 aliphatic heterocycles. The van der Waals surface area contributed by atoms with E-state index in [1.807, 2.05) is 11.8 Å². The van der Waals surface area contributed by atoms with Crippen molar-refractivity contribution in [2.24, 2.45) is 11.1 Å². The number of aromatic nitrogens is 2. The first kappa shape index (κ1) is 13.8. The summed E-state index contributed by atoms with van der Waals surface area (Å²) in [6.45, 7) is 7.28. The standard InChI is InChI=1S/C12H22N4OS/c1-12(2,3)9(13)11-14-10(15-17-11)8-7-18-6-5-16(8)4/h8-9H,5-7,13H2,1-4H3. The van der Waals surface area contributed by atoms with E-state index < -0.39 is 0 Å². The highest BCUT2D eigenvalue weighted by Crippen LogP contribution is 2.31. The predicted molar refractivity (Wildman–Crippen MR) is 73.4 cm³/mol. The molecule has 0 aliphatic carbocycles. The zero-order valence-electron chi connectivity index (χ0n) is 11.5. The molecule has 1 saturated heterocycles. The van der Waals surface area contributed by atoms with Crippen LogP contribution in [0.2, 0.25) is 0 Å². The van der Waals surface area contributed by atoms with Gasteiger partial charge in [-0.1, -0.05) is 25.9 Å². The summed E-state index contributed by atoms with van der Waals surface area (Å²) in [5, 5.41) is 4.10. The second-order valence-electron chi connectivity index (χ2n) is 5.91. The first-order valence-electron chi connectivity index (χ1n) is 6.26. The van der Waals surface area contributed by atoms with Crippen molar-refractivity contribution in [3.8, 4) is 0 Å². The molecule has 2 unspecified atom stereocenters. The first-order chi connectivity index (χ1) is 8.39. The van der Waals surface area contributed by atoms with Crippen LogP contribution >= 0.6 is 11.8 Å². The number of nitrogens with two attached hydrogens (primary N) is 1. The van der Waals surface area contributed by atoms with Crippen molar-refractivity contribution < 1.29 is 4.52 Å². The molecule has 5 nitrogen and oxygen atoms in total. The average Bonchev–Trinajstić information content (AvgIpc) is 2.76. The van der Waals surface area contributed by atoms with Gasteiger partial charge in [0.25, 0.3) is 0 Å². The molecule has 0 radical (unpaired) electrons. The van der Waals surface area contributed by atoms with Crippen molar-refractivity contribution in [2.45, 2.75) is 32.9 Å². The second kappa shape index (κ2) is 5.19. The Labute approximate surface area is 112 Å². The molecule has 0 spiro atoms. The van der Waals surface area contributed by atoms with Crippen LogP contribution in [0.25, 0.3) is 0 Å². The third-order valence-corrected chi connectivity index (χ3v) is 4.37.